The number of hydrogen-bond donors (Lipinski definition) is 3. The molecule has 2 aromatic carbocycles. The van der Waals surface area contributed by atoms with Crippen LogP contribution in [0.1, 0.15) is 24.8 Å². The molecule has 0 spiro atoms. The third-order valence-corrected chi connectivity index (χ3v) is 4.68. The van der Waals surface area contributed by atoms with Gasteiger partial charge in [0, 0.05) is 34.7 Å². The number of anilines is 1. The van der Waals surface area contributed by atoms with Crippen LogP contribution in [0.3, 0.4) is 0 Å². The van der Waals surface area contributed by atoms with Gasteiger partial charge in [-0.25, -0.2) is 4.39 Å². The van der Waals surface area contributed by atoms with Crippen LogP contribution in [0.5, 0.6) is 0 Å². The predicted octanol–water partition coefficient (Wildman–Crippen LogP) is 3.22. The van der Waals surface area contributed by atoms with Crippen molar-refractivity contribution < 1.29 is 14.0 Å². The smallest absolute Gasteiger partial charge is 0.253 e. The van der Waals surface area contributed by atoms with Crippen LogP contribution in [0.4, 0.5) is 10.1 Å². The molecular formula is C20H17FN4O2. The van der Waals surface area contributed by atoms with Gasteiger partial charge < -0.3 is 10.6 Å². The number of amides is 2. The Morgan fingerprint density at radius 2 is 2.00 bits per heavy atom. The van der Waals surface area contributed by atoms with E-state index in [4.69, 9.17) is 0 Å². The quantitative estimate of drug-likeness (QED) is 0.667. The van der Waals surface area contributed by atoms with E-state index in [1.807, 2.05) is 12.1 Å². The summed E-state index contributed by atoms with van der Waals surface area (Å²) in [5.74, 6) is -1.26. The van der Waals surface area contributed by atoms with E-state index in [1.54, 1.807) is 31.3 Å². The van der Waals surface area contributed by atoms with Crippen LogP contribution >= 0.6 is 0 Å². The van der Waals surface area contributed by atoms with Gasteiger partial charge in [0.2, 0.25) is 5.91 Å². The van der Waals surface area contributed by atoms with E-state index in [-0.39, 0.29) is 24.1 Å². The highest BCUT2D eigenvalue weighted by molar-refractivity contribution is 6.07. The zero-order chi connectivity index (χ0) is 19.0. The third kappa shape index (κ3) is 3.31. The van der Waals surface area contributed by atoms with Crippen LogP contribution in [-0.2, 0) is 9.59 Å². The highest BCUT2D eigenvalue weighted by Gasteiger charge is 2.31. The van der Waals surface area contributed by atoms with Crippen LogP contribution in [0, 0.1) is 5.82 Å². The van der Waals surface area contributed by atoms with E-state index in [1.165, 1.54) is 12.1 Å². The lowest BCUT2D eigenvalue weighted by Gasteiger charge is -2.27. The molecule has 0 saturated carbocycles. The second-order valence-corrected chi connectivity index (χ2v) is 6.52. The van der Waals surface area contributed by atoms with Crippen molar-refractivity contribution in [1.82, 2.24) is 15.5 Å². The van der Waals surface area contributed by atoms with Gasteiger partial charge in [0.05, 0.1) is 11.7 Å². The zero-order valence-electron chi connectivity index (χ0n) is 14.5. The first-order chi connectivity index (χ1) is 13.0. The molecule has 0 fully saturated rings. The highest BCUT2D eigenvalue weighted by atomic mass is 19.1. The molecule has 27 heavy (non-hydrogen) atoms. The molecule has 2 amide bonds. The Balaban J connectivity index is 1.66. The lowest BCUT2D eigenvalue weighted by Crippen LogP contribution is -2.35. The van der Waals surface area contributed by atoms with Crippen molar-refractivity contribution in [2.24, 2.45) is 0 Å². The average Bonchev–Trinajstić information content (AvgIpc) is 3.09. The van der Waals surface area contributed by atoms with Gasteiger partial charge in [-0.15, -0.1) is 0 Å². The number of carbonyl (C=O) groups is 2. The number of carbonyl (C=O) groups excluding carboxylic acids is 2. The Labute approximate surface area is 154 Å². The number of nitrogens with one attached hydrogen (secondary N) is 3. The molecule has 3 N–H and O–H groups in total. The van der Waals surface area contributed by atoms with Crippen LogP contribution in [0.2, 0.25) is 0 Å². The topological polar surface area (TPSA) is 86.9 Å². The Bertz CT molecular complexity index is 1070. The fraction of sp³-hybridized carbons (Fsp3) is 0.150. The van der Waals surface area contributed by atoms with Crippen LogP contribution in [-0.4, -0.2) is 22.0 Å². The molecule has 1 aromatic heterocycles. The molecule has 1 atom stereocenters. The molecule has 0 aliphatic carbocycles. The Kier molecular flexibility index (Phi) is 4.19. The molecule has 3 aromatic rings. The summed E-state index contributed by atoms with van der Waals surface area (Å²) in [6.45, 7) is 1.70. The molecule has 1 aliphatic heterocycles. The van der Waals surface area contributed by atoms with E-state index in [0.717, 1.165) is 16.5 Å². The number of aromatic amines is 1. The van der Waals surface area contributed by atoms with Gasteiger partial charge in [0.25, 0.3) is 5.91 Å². The van der Waals surface area contributed by atoms with Crippen LogP contribution in [0.25, 0.3) is 10.9 Å². The summed E-state index contributed by atoms with van der Waals surface area (Å²) >= 11 is 0. The number of fused-ring (bicyclic) bond motifs is 1. The summed E-state index contributed by atoms with van der Waals surface area (Å²) in [5, 5.41) is 13.3. The molecule has 6 nitrogen and oxygen atoms in total. The van der Waals surface area contributed by atoms with E-state index in [0.29, 0.717) is 17.0 Å². The lowest BCUT2D eigenvalue weighted by atomic mass is 9.84. The molecule has 4 rings (SSSR count). The fourth-order valence-electron chi connectivity index (χ4n) is 3.40. The first-order valence-corrected chi connectivity index (χ1v) is 8.52. The summed E-state index contributed by atoms with van der Waals surface area (Å²) in [5.41, 5.74) is 3.19. The van der Waals surface area contributed by atoms with Gasteiger partial charge in [-0.1, -0.05) is 12.1 Å². The number of allylic oxidation sites excluding steroid dienone is 1. The fourth-order valence-corrected chi connectivity index (χ4v) is 3.40. The monoisotopic (exact) mass is 364 g/mol. The van der Waals surface area contributed by atoms with E-state index < -0.39 is 5.92 Å². The number of hydrogen-bond acceptors (Lipinski definition) is 3. The minimum atomic E-state index is -0.433. The van der Waals surface area contributed by atoms with E-state index >= 15 is 0 Å². The van der Waals surface area contributed by atoms with Gasteiger partial charge in [0.1, 0.15) is 5.82 Å². The van der Waals surface area contributed by atoms with Gasteiger partial charge in [-0.2, -0.15) is 5.10 Å². The average molecular weight is 364 g/mol. The standard InChI is InChI=1S/C20H17FN4O2/c1-11-19(16(9-18(26)23-11)12-2-4-14(21)5-3-12)20(27)24-15-6-7-17-13(8-15)10-22-25-17/h2-8,10,16H,9H2,1H3,(H,22,25)(H,23,26)(H,24,27). The number of halogens is 1. The maximum absolute atomic E-state index is 13.3. The molecule has 136 valence electrons. The summed E-state index contributed by atoms with van der Waals surface area (Å²) in [6, 6.07) is 11.3. The number of rotatable bonds is 3. The summed E-state index contributed by atoms with van der Waals surface area (Å²) in [7, 11) is 0. The zero-order valence-corrected chi connectivity index (χ0v) is 14.5. The second-order valence-electron chi connectivity index (χ2n) is 6.52. The molecule has 0 radical (unpaired) electrons. The van der Waals surface area contributed by atoms with Gasteiger partial charge in [-0.3, -0.25) is 14.7 Å². The number of benzene rings is 2. The Morgan fingerprint density at radius 3 is 2.78 bits per heavy atom. The number of nitrogens with zero attached hydrogens (tertiary/aromatic N) is 1. The van der Waals surface area contributed by atoms with Crippen molar-refractivity contribution in [2.75, 3.05) is 5.32 Å². The van der Waals surface area contributed by atoms with Crippen molar-refractivity contribution in [3.63, 3.8) is 0 Å². The molecular weight excluding hydrogens is 347 g/mol. The molecule has 0 bridgehead atoms. The van der Waals surface area contributed by atoms with Gasteiger partial charge >= 0.3 is 0 Å². The summed E-state index contributed by atoms with van der Waals surface area (Å²) < 4.78 is 13.3. The minimum absolute atomic E-state index is 0.131. The molecule has 2 heterocycles. The van der Waals surface area contributed by atoms with Gasteiger partial charge in [0.15, 0.2) is 0 Å². The van der Waals surface area contributed by atoms with Crippen LogP contribution < -0.4 is 10.6 Å². The SMILES string of the molecule is CC1=C(C(=O)Nc2ccc3[nH]ncc3c2)C(c2ccc(F)cc2)CC(=O)N1. The number of aromatic nitrogens is 2. The molecule has 7 heteroatoms. The largest absolute Gasteiger partial charge is 0.330 e. The minimum Gasteiger partial charge on any atom is -0.330 e. The normalized spacial score (nSPS) is 17.1. The van der Waals surface area contributed by atoms with Crippen molar-refractivity contribution in [2.45, 2.75) is 19.3 Å². The maximum Gasteiger partial charge on any atom is 0.253 e. The Hall–Kier alpha value is -3.48. The molecule has 0 saturated heterocycles. The molecule has 1 aliphatic rings. The lowest BCUT2D eigenvalue weighted by molar-refractivity contribution is -0.121. The van der Waals surface area contributed by atoms with Crippen molar-refractivity contribution in [3.8, 4) is 0 Å². The number of H-pyrrole nitrogens is 1. The second kappa shape index (κ2) is 6.68. The van der Waals surface area contributed by atoms with Crippen molar-refractivity contribution in [3.05, 3.63) is 71.3 Å². The maximum atomic E-state index is 13.3. The predicted molar refractivity (Wildman–Crippen MR) is 99.3 cm³/mol. The third-order valence-electron chi connectivity index (χ3n) is 4.68. The van der Waals surface area contributed by atoms with Crippen LogP contribution in [0.15, 0.2) is 59.9 Å². The molecule has 1 unspecified atom stereocenters. The Morgan fingerprint density at radius 1 is 1.22 bits per heavy atom. The van der Waals surface area contributed by atoms with Crippen molar-refractivity contribution >= 4 is 28.4 Å². The van der Waals surface area contributed by atoms with E-state index in [9.17, 15) is 14.0 Å². The first kappa shape index (κ1) is 17.0. The summed E-state index contributed by atoms with van der Waals surface area (Å²) in [4.78, 5) is 25.0. The van der Waals surface area contributed by atoms with Gasteiger partial charge in [-0.05, 0) is 42.8 Å². The highest BCUT2D eigenvalue weighted by Crippen LogP contribution is 2.33. The first-order valence-electron chi connectivity index (χ1n) is 8.52. The van der Waals surface area contributed by atoms with Crippen molar-refractivity contribution in [1.29, 1.82) is 0 Å². The van der Waals surface area contributed by atoms with E-state index in [2.05, 4.69) is 20.8 Å². The summed E-state index contributed by atoms with van der Waals surface area (Å²) in [6.07, 6.45) is 1.81.